The van der Waals surface area contributed by atoms with Crippen LogP contribution < -0.4 is 0 Å². The minimum absolute atomic E-state index is 0.156. The van der Waals surface area contributed by atoms with Gasteiger partial charge in [0, 0.05) is 18.1 Å². The molecular formula is C18H12FN3O. The van der Waals surface area contributed by atoms with E-state index in [9.17, 15) is 9.18 Å². The molecule has 0 saturated carbocycles. The van der Waals surface area contributed by atoms with Crippen LogP contribution in [0.3, 0.4) is 0 Å². The summed E-state index contributed by atoms with van der Waals surface area (Å²) in [5, 5.41) is 8.84. The van der Waals surface area contributed by atoms with E-state index < -0.39 is 0 Å². The summed E-state index contributed by atoms with van der Waals surface area (Å²) in [6, 6.07) is 14.8. The van der Waals surface area contributed by atoms with Crippen LogP contribution in [0.2, 0.25) is 0 Å². The Labute approximate surface area is 132 Å². The lowest BCUT2D eigenvalue weighted by atomic mass is 10.1. The third-order valence-electron chi connectivity index (χ3n) is 3.46. The van der Waals surface area contributed by atoms with Gasteiger partial charge in [0.2, 0.25) is 0 Å². The number of hydrogen-bond donors (Lipinski definition) is 1. The van der Waals surface area contributed by atoms with Crippen molar-refractivity contribution in [1.29, 1.82) is 5.26 Å². The number of carbonyl (C=O) groups is 1. The lowest BCUT2D eigenvalue weighted by Gasteiger charge is -1.99. The summed E-state index contributed by atoms with van der Waals surface area (Å²) in [6.45, 7) is 1.45. The number of aromatic nitrogens is 2. The molecule has 0 radical (unpaired) electrons. The lowest BCUT2D eigenvalue weighted by molar-refractivity contribution is 0.101. The summed E-state index contributed by atoms with van der Waals surface area (Å²) in [5.74, 6) is 0.0247. The third kappa shape index (κ3) is 2.87. The molecular weight excluding hydrogens is 293 g/mol. The smallest absolute Gasteiger partial charge is 0.178 e. The number of carbonyl (C=O) groups excluding carboxylic acids is 1. The summed E-state index contributed by atoms with van der Waals surface area (Å²) >= 11 is 0. The molecule has 0 bridgehead atoms. The molecule has 0 fully saturated rings. The van der Waals surface area contributed by atoms with E-state index in [2.05, 4.69) is 16.0 Å². The number of aromatic amines is 1. The van der Waals surface area contributed by atoms with Gasteiger partial charge in [0.1, 0.15) is 17.3 Å². The van der Waals surface area contributed by atoms with Gasteiger partial charge in [0.15, 0.2) is 5.78 Å². The van der Waals surface area contributed by atoms with Crippen molar-refractivity contribution in [3.63, 3.8) is 0 Å². The van der Waals surface area contributed by atoms with Crippen molar-refractivity contribution in [2.45, 2.75) is 6.92 Å². The standard InChI is InChI=1S/C18H12FN3O/c1-11(23)16-17(13-6-8-15(19)9-7-13)22-18(21-16)14-4-2-12(10-20)3-5-14/h2-9H,1H3,(H,21,22). The third-order valence-corrected chi connectivity index (χ3v) is 3.46. The molecule has 0 aliphatic carbocycles. The molecule has 5 heteroatoms. The molecule has 112 valence electrons. The SMILES string of the molecule is CC(=O)c1[nH]c(-c2ccc(C#N)cc2)nc1-c1ccc(F)cc1. The van der Waals surface area contributed by atoms with Crippen molar-refractivity contribution >= 4 is 5.78 Å². The Hall–Kier alpha value is -3.26. The average molecular weight is 305 g/mol. The van der Waals surface area contributed by atoms with Crippen LogP contribution in [0, 0.1) is 17.1 Å². The number of nitriles is 1. The fourth-order valence-electron chi connectivity index (χ4n) is 2.28. The molecule has 23 heavy (non-hydrogen) atoms. The molecule has 1 heterocycles. The fraction of sp³-hybridized carbons (Fsp3) is 0.0556. The van der Waals surface area contributed by atoms with Crippen molar-refractivity contribution in [3.8, 4) is 28.7 Å². The van der Waals surface area contributed by atoms with Crippen molar-refractivity contribution < 1.29 is 9.18 Å². The predicted molar refractivity (Wildman–Crippen MR) is 84.1 cm³/mol. The van der Waals surface area contributed by atoms with Gasteiger partial charge in [0.05, 0.1) is 17.3 Å². The second kappa shape index (κ2) is 5.85. The molecule has 3 aromatic rings. The highest BCUT2D eigenvalue weighted by Gasteiger charge is 2.16. The molecule has 3 rings (SSSR count). The highest BCUT2D eigenvalue weighted by molar-refractivity contribution is 5.99. The molecule has 0 spiro atoms. The number of halogens is 1. The number of hydrogen-bond acceptors (Lipinski definition) is 3. The van der Waals surface area contributed by atoms with Crippen molar-refractivity contribution in [2.75, 3.05) is 0 Å². The Balaban J connectivity index is 2.10. The van der Waals surface area contributed by atoms with Gasteiger partial charge in [-0.15, -0.1) is 0 Å². The first-order chi connectivity index (χ1) is 11.1. The minimum atomic E-state index is -0.346. The molecule has 1 aromatic heterocycles. The topological polar surface area (TPSA) is 69.5 Å². The van der Waals surface area contributed by atoms with Crippen LogP contribution in [-0.4, -0.2) is 15.8 Å². The summed E-state index contributed by atoms with van der Waals surface area (Å²) in [5.41, 5.74) is 2.83. The van der Waals surface area contributed by atoms with Crippen molar-refractivity contribution in [1.82, 2.24) is 9.97 Å². The van der Waals surface area contributed by atoms with Crippen LogP contribution in [0.4, 0.5) is 4.39 Å². The van der Waals surface area contributed by atoms with Gasteiger partial charge in [-0.3, -0.25) is 4.79 Å². The quantitative estimate of drug-likeness (QED) is 0.745. The molecule has 0 aliphatic rings. The van der Waals surface area contributed by atoms with E-state index in [-0.39, 0.29) is 11.6 Å². The molecule has 0 atom stereocenters. The Morgan fingerprint density at radius 2 is 1.70 bits per heavy atom. The van der Waals surface area contributed by atoms with Gasteiger partial charge >= 0.3 is 0 Å². The van der Waals surface area contributed by atoms with E-state index in [1.807, 2.05) is 0 Å². The predicted octanol–water partition coefficient (Wildman–Crippen LogP) is 3.96. The second-order valence-corrected chi connectivity index (χ2v) is 5.06. The van der Waals surface area contributed by atoms with Crippen molar-refractivity contribution in [2.24, 2.45) is 0 Å². The molecule has 2 aromatic carbocycles. The highest BCUT2D eigenvalue weighted by atomic mass is 19.1. The molecule has 0 unspecified atom stereocenters. The lowest BCUT2D eigenvalue weighted by Crippen LogP contribution is -1.95. The number of Topliss-reactive ketones (excluding diaryl/α,β-unsaturated/α-hetero) is 1. The number of ketones is 1. The molecule has 0 amide bonds. The second-order valence-electron chi connectivity index (χ2n) is 5.06. The van der Waals surface area contributed by atoms with Crippen LogP contribution in [0.25, 0.3) is 22.6 Å². The maximum Gasteiger partial charge on any atom is 0.178 e. The fourth-order valence-corrected chi connectivity index (χ4v) is 2.28. The van der Waals surface area contributed by atoms with E-state index >= 15 is 0 Å². The van der Waals surface area contributed by atoms with Crippen LogP contribution in [-0.2, 0) is 0 Å². The first kappa shape index (κ1) is 14.7. The zero-order valence-corrected chi connectivity index (χ0v) is 12.3. The average Bonchev–Trinajstić information content (AvgIpc) is 3.01. The molecule has 0 saturated heterocycles. The Kier molecular flexibility index (Phi) is 3.73. The van der Waals surface area contributed by atoms with E-state index in [1.165, 1.54) is 19.1 Å². The first-order valence-corrected chi connectivity index (χ1v) is 6.96. The van der Waals surface area contributed by atoms with E-state index in [4.69, 9.17) is 5.26 Å². The van der Waals surface area contributed by atoms with E-state index in [0.717, 1.165) is 5.56 Å². The van der Waals surface area contributed by atoms with Crippen LogP contribution in [0.1, 0.15) is 23.0 Å². The number of benzene rings is 2. The van der Waals surface area contributed by atoms with Gasteiger partial charge in [0.25, 0.3) is 0 Å². The Morgan fingerprint density at radius 1 is 1.09 bits per heavy atom. The number of nitrogens with zero attached hydrogens (tertiary/aromatic N) is 2. The zero-order valence-electron chi connectivity index (χ0n) is 12.3. The Morgan fingerprint density at radius 3 is 2.26 bits per heavy atom. The summed E-state index contributed by atoms with van der Waals surface area (Å²) in [7, 11) is 0. The minimum Gasteiger partial charge on any atom is -0.335 e. The summed E-state index contributed by atoms with van der Waals surface area (Å²) < 4.78 is 13.1. The molecule has 1 N–H and O–H groups in total. The number of imidazole rings is 1. The van der Waals surface area contributed by atoms with Gasteiger partial charge in [-0.1, -0.05) is 0 Å². The largest absolute Gasteiger partial charge is 0.335 e. The maximum absolute atomic E-state index is 13.1. The van der Waals surface area contributed by atoms with Gasteiger partial charge in [-0.25, -0.2) is 9.37 Å². The van der Waals surface area contributed by atoms with Gasteiger partial charge < -0.3 is 4.98 Å². The normalized spacial score (nSPS) is 10.3. The number of rotatable bonds is 3. The molecule has 0 aliphatic heterocycles. The Bertz CT molecular complexity index is 903. The summed E-state index contributed by atoms with van der Waals surface area (Å²) in [4.78, 5) is 19.3. The van der Waals surface area contributed by atoms with Gasteiger partial charge in [-0.05, 0) is 48.5 Å². The zero-order chi connectivity index (χ0) is 16.4. The first-order valence-electron chi connectivity index (χ1n) is 6.96. The van der Waals surface area contributed by atoms with Crippen molar-refractivity contribution in [3.05, 3.63) is 65.6 Å². The van der Waals surface area contributed by atoms with Gasteiger partial charge in [-0.2, -0.15) is 5.26 Å². The van der Waals surface area contributed by atoms with Crippen LogP contribution in [0.5, 0.6) is 0 Å². The number of nitrogens with one attached hydrogen (secondary N) is 1. The monoisotopic (exact) mass is 305 g/mol. The van der Waals surface area contributed by atoms with Crippen LogP contribution in [0.15, 0.2) is 48.5 Å². The molecule has 4 nitrogen and oxygen atoms in total. The number of H-pyrrole nitrogens is 1. The highest BCUT2D eigenvalue weighted by Crippen LogP contribution is 2.26. The van der Waals surface area contributed by atoms with Crippen LogP contribution >= 0.6 is 0 Å². The maximum atomic E-state index is 13.1. The van der Waals surface area contributed by atoms with E-state index in [1.54, 1.807) is 36.4 Å². The van der Waals surface area contributed by atoms with E-state index in [0.29, 0.717) is 28.3 Å². The summed E-state index contributed by atoms with van der Waals surface area (Å²) in [6.07, 6.45) is 0.